The van der Waals surface area contributed by atoms with Crippen molar-refractivity contribution in [3.05, 3.63) is 46.5 Å². The molecular weight excluding hydrogens is 633 g/mol. The van der Waals surface area contributed by atoms with Crippen molar-refractivity contribution in [2.24, 2.45) is 5.16 Å². The molecule has 2 amide bonds. The van der Waals surface area contributed by atoms with Gasteiger partial charge >= 0.3 is 5.97 Å². The molecule has 1 saturated heterocycles. The summed E-state index contributed by atoms with van der Waals surface area (Å²) in [6, 6.07) is 2.13. The van der Waals surface area contributed by atoms with Crippen molar-refractivity contribution in [3.63, 3.8) is 0 Å². The van der Waals surface area contributed by atoms with Crippen molar-refractivity contribution < 1.29 is 33.5 Å². The highest BCUT2D eigenvalue weighted by atomic mass is 127. The van der Waals surface area contributed by atoms with Crippen molar-refractivity contribution >= 4 is 92.6 Å². The summed E-state index contributed by atoms with van der Waals surface area (Å²) in [5, 5.41) is 16.8. The summed E-state index contributed by atoms with van der Waals surface area (Å²) in [7, 11) is 1.26. The molecular formula is C19H18IN5O7S3. The average molecular weight is 651 g/mol. The second-order valence-electron chi connectivity index (χ2n) is 6.87. The summed E-state index contributed by atoms with van der Waals surface area (Å²) in [5.74, 6) is -2.08. The zero-order chi connectivity index (χ0) is 24.4. The number of aromatic nitrogens is 1. The highest BCUT2D eigenvalue weighted by Crippen LogP contribution is 2.41. The summed E-state index contributed by atoms with van der Waals surface area (Å²) < 4.78 is 5.05. The van der Waals surface area contributed by atoms with Crippen molar-refractivity contribution in [2.75, 3.05) is 24.3 Å². The van der Waals surface area contributed by atoms with Crippen molar-refractivity contribution in [3.8, 4) is 0 Å². The van der Waals surface area contributed by atoms with Gasteiger partial charge in [-0.3, -0.25) is 19.3 Å². The van der Waals surface area contributed by atoms with Crippen LogP contribution >= 0.6 is 58.8 Å². The highest BCUT2D eigenvalue weighted by Gasteiger charge is 2.54. The van der Waals surface area contributed by atoms with E-state index in [1.54, 1.807) is 6.07 Å². The molecule has 35 heavy (non-hydrogen) atoms. The number of aliphatic carboxylic acids is 1. The Balaban J connectivity index is 0.00000342. The molecule has 16 heteroatoms. The smallest absolute Gasteiger partial charge is 0.352 e. The predicted octanol–water partition coefficient (Wildman–Crippen LogP) is 1.60. The molecule has 4 N–H and O–H groups in total. The molecule has 2 aromatic heterocycles. The number of β-lactam (4-membered cyclic amide) rings is 1. The third-order valence-corrected chi connectivity index (χ3v) is 7.77. The van der Waals surface area contributed by atoms with Crippen LogP contribution in [0.3, 0.4) is 0 Å². The number of thioether (sulfide) groups is 2. The number of halogens is 1. The molecule has 2 atom stereocenters. The first-order valence-corrected chi connectivity index (χ1v) is 12.5. The number of nitrogen functional groups attached to an aromatic ring is 1. The van der Waals surface area contributed by atoms with E-state index < -0.39 is 29.2 Å². The Morgan fingerprint density at radius 2 is 2.23 bits per heavy atom. The molecule has 2 aromatic rings. The lowest BCUT2D eigenvalue weighted by Crippen LogP contribution is -2.71. The van der Waals surface area contributed by atoms with Crippen LogP contribution in [0.2, 0.25) is 0 Å². The van der Waals surface area contributed by atoms with Gasteiger partial charge in [-0.25, -0.2) is 9.78 Å². The van der Waals surface area contributed by atoms with E-state index in [2.05, 4.69) is 15.5 Å². The van der Waals surface area contributed by atoms with Crippen LogP contribution in [-0.4, -0.2) is 73.6 Å². The molecule has 2 aliphatic rings. The van der Waals surface area contributed by atoms with Gasteiger partial charge < -0.3 is 25.4 Å². The van der Waals surface area contributed by atoms with Crippen LogP contribution in [0.15, 0.2) is 44.6 Å². The molecule has 0 saturated carbocycles. The minimum Gasteiger partial charge on any atom is -0.477 e. The normalized spacial score (nSPS) is 19.4. The lowest BCUT2D eigenvalue weighted by molar-refractivity contribution is -0.150. The predicted molar refractivity (Wildman–Crippen MR) is 141 cm³/mol. The van der Waals surface area contributed by atoms with E-state index in [9.17, 15) is 24.3 Å². The number of carbonyl (C=O) groups is 4. The van der Waals surface area contributed by atoms with Gasteiger partial charge in [0.15, 0.2) is 16.6 Å². The lowest BCUT2D eigenvalue weighted by Gasteiger charge is -2.49. The van der Waals surface area contributed by atoms with E-state index in [0.29, 0.717) is 5.57 Å². The maximum Gasteiger partial charge on any atom is 0.352 e. The van der Waals surface area contributed by atoms with E-state index >= 15 is 0 Å². The first-order chi connectivity index (χ1) is 16.3. The Hall–Kier alpha value is -2.57. The molecule has 1 fully saturated rings. The summed E-state index contributed by atoms with van der Waals surface area (Å²) in [6.45, 7) is 0. The van der Waals surface area contributed by atoms with E-state index in [4.69, 9.17) is 15.0 Å². The number of nitrogens with one attached hydrogen (secondary N) is 1. The van der Waals surface area contributed by atoms with Gasteiger partial charge in [-0.05, 0) is 17.7 Å². The Labute approximate surface area is 227 Å². The van der Waals surface area contributed by atoms with Gasteiger partial charge in [-0.15, -0.1) is 47.1 Å². The number of oxime groups is 1. The fraction of sp³-hybridized carbons (Fsp3) is 0.263. The van der Waals surface area contributed by atoms with Gasteiger partial charge in [0.1, 0.15) is 29.9 Å². The Morgan fingerprint density at radius 3 is 2.83 bits per heavy atom. The number of anilines is 1. The molecule has 12 nitrogen and oxygen atoms in total. The first-order valence-electron chi connectivity index (χ1n) is 9.55. The SMILES string of the molecule is CO/N=C(\C(=O)N[C@@H]1C(=O)N2C(C(=O)O)=C(CSC(=O)c3ccco3)CS[C@H]12)c1csc(N)n1.I. The van der Waals surface area contributed by atoms with E-state index in [-0.39, 0.29) is 68.6 Å². The summed E-state index contributed by atoms with van der Waals surface area (Å²) in [4.78, 5) is 59.6. The number of nitrogens with two attached hydrogens (primary N) is 1. The largest absolute Gasteiger partial charge is 0.477 e. The number of carboxylic acids is 1. The molecule has 2 aliphatic heterocycles. The minimum atomic E-state index is -1.29. The summed E-state index contributed by atoms with van der Waals surface area (Å²) >= 11 is 3.29. The third kappa shape index (κ3) is 5.49. The fourth-order valence-electron chi connectivity index (χ4n) is 3.31. The van der Waals surface area contributed by atoms with Gasteiger partial charge in [0.05, 0.1) is 6.26 Å². The molecule has 0 radical (unpaired) electrons. The Morgan fingerprint density at radius 1 is 1.46 bits per heavy atom. The molecule has 186 valence electrons. The number of carbonyl (C=O) groups excluding carboxylic acids is 3. The number of hydrogen-bond donors (Lipinski definition) is 3. The van der Waals surface area contributed by atoms with Crippen molar-refractivity contribution in [1.29, 1.82) is 0 Å². The molecule has 0 unspecified atom stereocenters. The highest BCUT2D eigenvalue weighted by molar-refractivity contribution is 14.0. The van der Waals surface area contributed by atoms with Gasteiger partial charge in [0.25, 0.3) is 16.9 Å². The lowest BCUT2D eigenvalue weighted by atomic mass is 10.0. The molecule has 0 aliphatic carbocycles. The Bertz CT molecular complexity index is 1210. The average Bonchev–Trinajstić information content (AvgIpc) is 3.50. The van der Waals surface area contributed by atoms with Crippen LogP contribution in [-0.2, 0) is 19.2 Å². The van der Waals surface area contributed by atoms with Gasteiger partial charge in [0, 0.05) is 16.9 Å². The maximum atomic E-state index is 12.8. The van der Waals surface area contributed by atoms with Crippen LogP contribution in [0.5, 0.6) is 0 Å². The molecule has 0 spiro atoms. The number of furan rings is 1. The number of amides is 2. The van der Waals surface area contributed by atoms with Crippen LogP contribution in [0.25, 0.3) is 0 Å². The zero-order valence-corrected chi connectivity index (χ0v) is 22.6. The van der Waals surface area contributed by atoms with Crippen LogP contribution in [0.4, 0.5) is 5.13 Å². The summed E-state index contributed by atoms with van der Waals surface area (Å²) in [6.07, 6.45) is 1.37. The van der Waals surface area contributed by atoms with Gasteiger partial charge in [-0.1, -0.05) is 16.9 Å². The quantitative estimate of drug-likeness (QED) is 0.164. The van der Waals surface area contributed by atoms with E-state index in [1.165, 1.54) is 36.6 Å². The van der Waals surface area contributed by atoms with Crippen LogP contribution in [0, 0.1) is 0 Å². The second kappa shape index (κ2) is 11.4. The maximum absolute atomic E-state index is 12.8. The molecule has 4 heterocycles. The fourth-order valence-corrected chi connectivity index (χ4v) is 6.14. The standard InChI is InChI=1S/C19H17N5O7S3.HI/c1-30-23-11(9-7-34-19(20)21-9)14(25)22-12-15(26)24-13(17(27)28)8(5-32-16(12)24)6-33-18(29)10-3-2-4-31-10;/h2-4,7,12,16H,5-6H2,1H3,(H2,20,21)(H,22,25)(H,27,28);1H/b23-11-;/t12-,16-;/m1./s1. The van der Waals surface area contributed by atoms with E-state index in [1.807, 2.05) is 0 Å². The van der Waals surface area contributed by atoms with Gasteiger partial charge in [0.2, 0.25) is 0 Å². The van der Waals surface area contributed by atoms with E-state index in [0.717, 1.165) is 28.0 Å². The topological polar surface area (TPSA) is 177 Å². The summed E-state index contributed by atoms with van der Waals surface area (Å²) in [5.41, 5.74) is 5.89. The number of thiazole rings is 1. The minimum absolute atomic E-state index is 0. The number of nitrogens with zero attached hydrogens (tertiary/aromatic N) is 3. The number of fused-ring (bicyclic) bond motifs is 1. The molecule has 4 rings (SSSR count). The number of carboxylic acid groups (broad SMARTS) is 1. The third-order valence-electron chi connectivity index (χ3n) is 4.80. The number of hydrogen-bond acceptors (Lipinski definition) is 12. The van der Waals surface area contributed by atoms with Crippen LogP contribution < -0.4 is 11.1 Å². The second-order valence-corrected chi connectivity index (χ2v) is 9.81. The molecule has 0 aromatic carbocycles. The first kappa shape index (κ1) is 27.0. The van der Waals surface area contributed by atoms with Crippen molar-refractivity contribution in [1.82, 2.24) is 15.2 Å². The molecule has 0 bridgehead atoms. The Kier molecular flexibility index (Phi) is 8.84. The van der Waals surface area contributed by atoms with Crippen LogP contribution in [0.1, 0.15) is 16.2 Å². The number of rotatable bonds is 8. The van der Waals surface area contributed by atoms with Crippen molar-refractivity contribution in [2.45, 2.75) is 11.4 Å². The monoisotopic (exact) mass is 651 g/mol. The zero-order valence-electron chi connectivity index (χ0n) is 17.8. The van der Waals surface area contributed by atoms with Gasteiger partial charge in [-0.2, -0.15) is 0 Å².